The van der Waals surface area contributed by atoms with Crippen LogP contribution in [0.5, 0.6) is 0 Å². The molecule has 1 saturated carbocycles. The van der Waals surface area contributed by atoms with Gasteiger partial charge in [-0.25, -0.2) is 9.78 Å². The van der Waals surface area contributed by atoms with E-state index >= 15 is 0 Å². The Hall–Kier alpha value is -1.44. The number of halogens is 1. The standard InChI is InChI=1S/C24H35BrN2O3Si/c1-7-27-21(23(28)29)20(16-8-12-18(25)13-9-16)26-22(27)17-10-14-19(15-11-17)30-31(5,6)24(2,3)4/h8-9,12-13,17,19H,7,10-11,14-15H2,1-6H3,(H,28,29). The lowest BCUT2D eigenvalue weighted by Crippen LogP contribution is -2.44. The first-order valence-corrected chi connectivity index (χ1v) is 14.9. The minimum atomic E-state index is -1.78. The predicted octanol–water partition coefficient (Wildman–Crippen LogP) is 7.08. The summed E-state index contributed by atoms with van der Waals surface area (Å²) in [6, 6.07) is 7.70. The van der Waals surface area contributed by atoms with Gasteiger partial charge in [-0.05, 0) is 62.9 Å². The molecule has 1 heterocycles. The summed E-state index contributed by atoms with van der Waals surface area (Å²) in [6.45, 7) is 14.1. The number of aromatic nitrogens is 2. The molecule has 1 fully saturated rings. The predicted molar refractivity (Wildman–Crippen MR) is 131 cm³/mol. The number of hydrogen-bond acceptors (Lipinski definition) is 3. The van der Waals surface area contributed by atoms with Crippen molar-refractivity contribution < 1.29 is 14.3 Å². The van der Waals surface area contributed by atoms with E-state index in [4.69, 9.17) is 9.41 Å². The van der Waals surface area contributed by atoms with Gasteiger partial charge in [0.2, 0.25) is 0 Å². The number of nitrogens with zero attached hydrogens (tertiary/aromatic N) is 2. The molecule has 3 rings (SSSR count). The maximum absolute atomic E-state index is 12.2. The number of rotatable bonds is 6. The van der Waals surface area contributed by atoms with Gasteiger partial charge in [-0.15, -0.1) is 0 Å². The molecular formula is C24H35BrN2O3Si. The third kappa shape index (κ3) is 5.15. The molecule has 0 amide bonds. The van der Waals surface area contributed by atoms with E-state index in [1.807, 2.05) is 35.8 Å². The van der Waals surface area contributed by atoms with Crippen LogP contribution in [-0.2, 0) is 11.0 Å². The molecule has 1 aromatic carbocycles. The molecule has 0 aliphatic heterocycles. The molecule has 0 radical (unpaired) electrons. The monoisotopic (exact) mass is 506 g/mol. The van der Waals surface area contributed by atoms with Gasteiger partial charge in [-0.3, -0.25) is 0 Å². The highest BCUT2D eigenvalue weighted by atomic mass is 79.9. The van der Waals surface area contributed by atoms with Crippen molar-refractivity contribution in [3.05, 3.63) is 40.3 Å². The molecule has 7 heteroatoms. The second-order valence-electron chi connectivity index (χ2n) is 10.1. The summed E-state index contributed by atoms with van der Waals surface area (Å²) >= 11 is 3.45. The van der Waals surface area contributed by atoms with Crippen molar-refractivity contribution in [1.29, 1.82) is 0 Å². The van der Waals surface area contributed by atoms with Crippen molar-refractivity contribution in [3.8, 4) is 11.3 Å². The lowest BCUT2D eigenvalue weighted by molar-refractivity contribution is 0.0685. The Morgan fingerprint density at radius 2 is 1.77 bits per heavy atom. The molecule has 1 aliphatic carbocycles. The van der Waals surface area contributed by atoms with Gasteiger partial charge in [0, 0.05) is 28.6 Å². The third-order valence-corrected chi connectivity index (χ3v) is 12.0. The molecule has 170 valence electrons. The van der Waals surface area contributed by atoms with Gasteiger partial charge in [-0.2, -0.15) is 0 Å². The zero-order valence-corrected chi connectivity index (χ0v) is 22.1. The normalized spacial score (nSPS) is 20.1. The Bertz CT molecular complexity index is 924. The fraction of sp³-hybridized carbons (Fsp3) is 0.583. The molecule has 0 saturated heterocycles. The molecule has 0 spiro atoms. The second-order valence-corrected chi connectivity index (χ2v) is 15.7. The van der Waals surface area contributed by atoms with Crippen molar-refractivity contribution in [1.82, 2.24) is 9.55 Å². The van der Waals surface area contributed by atoms with Crippen molar-refractivity contribution >= 4 is 30.2 Å². The van der Waals surface area contributed by atoms with Crippen LogP contribution in [0.4, 0.5) is 0 Å². The van der Waals surface area contributed by atoms with Gasteiger partial charge in [0.1, 0.15) is 11.5 Å². The van der Waals surface area contributed by atoms with Gasteiger partial charge < -0.3 is 14.1 Å². The number of benzene rings is 1. The smallest absolute Gasteiger partial charge is 0.354 e. The number of imidazole rings is 1. The van der Waals surface area contributed by atoms with Crippen molar-refractivity contribution in [2.24, 2.45) is 0 Å². The summed E-state index contributed by atoms with van der Waals surface area (Å²) in [5, 5.41) is 10.2. The number of hydrogen-bond donors (Lipinski definition) is 1. The maximum atomic E-state index is 12.2. The lowest BCUT2D eigenvalue weighted by Gasteiger charge is -2.41. The van der Waals surface area contributed by atoms with Crippen LogP contribution in [0.25, 0.3) is 11.3 Å². The summed E-state index contributed by atoms with van der Waals surface area (Å²) in [6.07, 6.45) is 4.27. The molecule has 5 nitrogen and oxygen atoms in total. The lowest BCUT2D eigenvalue weighted by atomic mass is 9.87. The molecule has 0 bridgehead atoms. The first kappa shape index (κ1) is 24.2. The number of carboxylic acid groups (broad SMARTS) is 1. The van der Waals surface area contributed by atoms with Crippen LogP contribution in [0.15, 0.2) is 28.7 Å². The zero-order valence-electron chi connectivity index (χ0n) is 19.5. The first-order valence-electron chi connectivity index (χ1n) is 11.2. The van der Waals surface area contributed by atoms with Gasteiger partial charge in [0.05, 0.1) is 0 Å². The van der Waals surface area contributed by atoms with E-state index in [0.29, 0.717) is 24.0 Å². The summed E-state index contributed by atoms with van der Waals surface area (Å²) in [5.41, 5.74) is 1.69. The average Bonchev–Trinajstić information content (AvgIpc) is 3.08. The van der Waals surface area contributed by atoms with Gasteiger partial charge in [0.15, 0.2) is 14.0 Å². The Morgan fingerprint density at radius 3 is 2.26 bits per heavy atom. The van der Waals surface area contributed by atoms with E-state index in [0.717, 1.165) is 41.5 Å². The highest BCUT2D eigenvalue weighted by Gasteiger charge is 2.40. The second kappa shape index (κ2) is 9.20. The van der Waals surface area contributed by atoms with E-state index in [1.54, 1.807) is 0 Å². The molecule has 0 unspecified atom stereocenters. The van der Waals surface area contributed by atoms with Gasteiger partial charge in [0.25, 0.3) is 0 Å². The highest BCUT2D eigenvalue weighted by Crippen LogP contribution is 2.42. The van der Waals surface area contributed by atoms with Crippen LogP contribution >= 0.6 is 15.9 Å². The van der Waals surface area contributed by atoms with E-state index < -0.39 is 14.3 Å². The largest absolute Gasteiger partial charge is 0.477 e. The summed E-state index contributed by atoms with van der Waals surface area (Å²) in [5.74, 6) is 0.249. The molecule has 1 aliphatic rings. The van der Waals surface area contributed by atoms with Crippen LogP contribution in [-0.4, -0.2) is 35.0 Å². The Morgan fingerprint density at radius 1 is 1.19 bits per heavy atom. The first-order chi connectivity index (χ1) is 14.4. The van der Waals surface area contributed by atoms with E-state index in [1.165, 1.54) is 0 Å². The van der Waals surface area contributed by atoms with Crippen LogP contribution < -0.4 is 0 Å². The molecule has 1 N–H and O–H groups in total. The van der Waals surface area contributed by atoms with E-state index in [2.05, 4.69) is 49.8 Å². The van der Waals surface area contributed by atoms with Gasteiger partial charge >= 0.3 is 5.97 Å². The van der Waals surface area contributed by atoms with Crippen LogP contribution in [0.3, 0.4) is 0 Å². The van der Waals surface area contributed by atoms with Crippen molar-refractivity contribution in [2.45, 2.75) is 90.1 Å². The number of carboxylic acids is 1. The summed E-state index contributed by atoms with van der Waals surface area (Å²) in [4.78, 5) is 17.1. The Kier molecular flexibility index (Phi) is 7.18. The fourth-order valence-electron chi connectivity index (χ4n) is 4.16. The molecular weight excluding hydrogens is 472 g/mol. The molecule has 31 heavy (non-hydrogen) atoms. The molecule has 1 aromatic heterocycles. The molecule has 2 aromatic rings. The van der Waals surface area contributed by atoms with E-state index in [-0.39, 0.29) is 11.0 Å². The Labute approximate surface area is 195 Å². The van der Waals surface area contributed by atoms with Crippen LogP contribution in [0.1, 0.15) is 75.6 Å². The SMILES string of the molecule is CCn1c(C2CCC(O[Si](C)(C)C(C)(C)C)CC2)nc(-c2ccc(Br)cc2)c1C(=O)O. The fourth-order valence-corrected chi connectivity index (χ4v) is 5.85. The van der Waals surface area contributed by atoms with Crippen molar-refractivity contribution in [2.75, 3.05) is 0 Å². The van der Waals surface area contributed by atoms with Crippen LogP contribution in [0.2, 0.25) is 18.1 Å². The van der Waals surface area contributed by atoms with Gasteiger partial charge in [-0.1, -0.05) is 48.8 Å². The zero-order chi connectivity index (χ0) is 23.0. The highest BCUT2D eigenvalue weighted by molar-refractivity contribution is 9.10. The Balaban J connectivity index is 1.85. The minimum Gasteiger partial charge on any atom is -0.477 e. The molecule has 0 atom stereocenters. The summed E-state index contributed by atoms with van der Waals surface area (Å²) < 4.78 is 9.51. The number of aromatic carboxylic acids is 1. The summed E-state index contributed by atoms with van der Waals surface area (Å²) in [7, 11) is -1.78. The topological polar surface area (TPSA) is 64.4 Å². The number of carbonyl (C=O) groups is 1. The van der Waals surface area contributed by atoms with Crippen molar-refractivity contribution in [3.63, 3.8) is 0 Å². The average molecular weight is 508 g/mol. The third-order valence-electron chi connectivity index (χ3n) is 6.94. The van der Waals surface area contributed by atoms with Crippen LogP contribution in [0, 0.1) is 0 Å². The quantitative estimate of drug-likeness (QED) is 0.425. The minimum absolute atomic E-state index is 0.207. The maximum Gasteiger partial charge on any atom is 0.354 e. The van der Waals surface area contributed by atoms with E-state index in [9.17, 15) is 9.90 Å².